The molecular formula is C18H18N4O4. The second kappa shape index (κ2) is 6.91. The molecule has 1 aliphatic heterocycles. The lowest BCUT2D eigenvalue weighted by atomic mass is 9.91. The fourth-order valence-corrected chi connectivity index (χ4v) is 3.02. The fraction of sp³-hybridized carbons (Fsp3) is 0.278. The van der Waals surface area contributed by atoms with Gasteiger partial charge in [0.2, 0.25) is 5.91 Å². The molecule has 26 heavy (non-hydrogen) atoms. The van der Waals surface area contributed by atoms with E-state index in [9.17, 15) is 19.7 Å². The maximum absolute atomic E-state index is 12.4. The van der Waals surface area contributed by atoms with Gasteiger partial charge in [-0.05, 0) is 36.1 Å². The molecule has 0 saturated heterocycles. The standard InChI is InChI=1S/C18H18N4O4/c1-10(2)7-13-12-8-15(21-17(23)11-3-5-19-6-4-11)16(22(25)26)9-14(12)20-18(13)24/h3-6,8-10,13H,7H2,1-2H3,(H,20,24)(H,21,23). The normalized spacial score (nSPS) is 15.5. The van der Waals surface area contributed by atoms with Crippen LogP contribution in [0.1, 0.15) is 42.1 Å². The van der Waals surface area contributed by atoms with Crippen LogP contribution in [0, 0.1) is 16.0 Å². The van der Waals surface area contributed by atoms with E-state index in [1.165, 1.54) is 36.7 Å². The zero-order valence-electron chi connectivity index (χ0n) is 14.4. The van der Waals surface area contributed by atoms with Crippen molar-refractivity contribution >= 4 is 28.9 Å². The van der Waals surface area contributed by atoms with Crippen LogP contribution in [0.15, 0.2) is 36.7 Å². The molecule has 1 unspecified atom stereocenters. The number of hydrogen-bond donors (Lipinski definition) is 2. The Labute approximate surface area is 149 Å². The molecule has 0 saturated carbocycles. The van der Waals surface area contributed by atoms with Crippen molar-refractivity contribution in [3.8, 4) is 0 Å². The van der Waals surface area contributed by atoms with E-state index in [0.29, 0.717) is 23.2 Å². The molecule has 134 valence electrons. The third-order valence-electron chi connectivity index (χ3n) is 4.21. The molecule has 1 aromatic carbocycles. The lowest BCUT2D eigenvalue weighted by Gasteiger charge is -2.13. The topological polar surface area (TPSA) is 114 Å². The summed E-state index contributed by atoms with van der Waals surface area (Å²) in [5, 5.41) is 16.7. The first-order valence-electron chi connectivity index (χ1n) is 8.21. The maximum Gasteiger partial charge on any atom is 0.294 e. The number of nitro benzene ring substituents is 1. The molecule has 8 nitrogen and oxygen atoms in total. The van der Waals surface area contributed by atoms with Crippen molar-refractivity contribution < 1.29 is 14.5 Å². The molecule has 1 aromatic heterocycles. The number of nitrogens with zero attached hydrogens (tertiary/aromatic N) is 2. The van der Waals surface area contributed by atoms with Gasteiger partial charge in [0.25, 0.3) is 11.6 Å². The molecule has 8 heteroatoms. The van der Waals surface area contributed by atoms with Gasteiger partial charge in [0.1, 0.15) is 5.69 Å². The van der Waals surface area contributed by atoms with Gasteiger partial charge in [-0.15, -0.1) is 0 Å². The number of pyridine rings is 1. The highest BCUT2D eigenvalue weighted by atomic mass is 16.6. The molecule has 0 radical (unpaired) electrons. The predicted molar refractivity (Wildman–Crippen MR) is 96.1 cm³/mol. The van der Waals surface area contributed by atoms with E-state index in [1.807, 2.05) is 13.8 Å². The Morgan fingerprint density at radius 2 is 2.04 bits per heavy atom. The Hall–Kier alpha value is -3.29. The number of carbonyl (C=O) groups excluding carboxylic acids is 2. The summed E-state index contributed by atoms with van der Waals surface area (Å²) < 4.78 is 0. The molecule has 2 N–H and O–H groups in total. The van der Waals surface area contributed by atoms with E-state index >= 15 is 0 Å². The summed E-state index contributed by atoms with van der Waals surface area (Å²) in [4.78, 5) is 39.3. The number of aromatic nitrogens is 1. The van der Waals surface area contributed by atoms with Gasteiger partial charge >= 0.3 is 0 Å². The molecule has 0 spiro atoms. The molecule has 1 atom stereocenters. The monoisotopic (exact) mass is 354 g/mol. The van der Waals surface area contributed by atoms with E-state index < -0.39 is 10.8 Å². The lowest BCUT2D eigenvalue weighted by Crippen LogP contribution is -2.14. The van der Waals surface area contributed by atoms with Crippen molar-refractivity contribution in [3.05, 3.63) is 57.9 Å². The van der Waals surface area contributed by atoms with Crippen molar-refractivity contribution in [2.45, 2.75) is 26.2 Å². The summed E-state index contributed by atoms with van der Waals surface area (Å²) in [5.74, 6) is -0.766. The van der Waals surface area contributed by atoms with Crippen LogP contribution in [-0.2, 0) is 4.79 Å². The first-order chi connectivity index (χ1) is 12.4. The second-order valence-corrected chi connectivity index (χ2v) is 6.58. The average Bonchev–Trinajstić information content (AvgIpc) is 2.89. The highest BCUT2D eigenvalue weighted by Crippen LogP contribution is 2.42. The Kier molecular flexibility index (Phi) is 4.66. The highest BCUT2D eigenvalue weighted by Gasteiger charge is 2.34. The first-order valence-corrected chi connectivity index (χ1v) is 8.21. The Balaban J connectivity index is 1.99. The third-order valence-corrected chi connectivity index (χ3v) is 4.21. The number of anilines is 2. The molecule has 0 aliphatic carbocycles. The van der Waals surface area contributed by atoms with E-state index in [2.05, 4.69) is 15.6 Å². The largest absolute Gasteiger partial charge is 0.325 e. The number of benzene rings is 1. The number of amides is 2. The third kappa shape index (κ3) is 3.39. The number of nitro groups is 1. The van der Waals surface area contributed by atoms with Gasteiger partial charge in [0.05, 0.1) is 16.5 Å². The van der Waals surface area contributed by atoms with Crippen LogP contribution in [0.2, 0.25) is 0 Å². The van der Waals surface area contributed by atoms with Gasteiger partial charge in [-0.1, -0.05) is 13.8 Å². The summed E-state index contributed by atoms with van der Waals surface area (Å²) in [7, 11) is 0. The van der Waals surface area contributed by atoms with E-state index in [1.54, 1.807) is 0 Å². The molecule has 1 aliphatic rings. The predicted octanol–water partition coefficient (Wildman–Crippen LogP) is 3.32. The van der Waals surface area contributed by atoms with Crippen LogP contribution in [0.25, 0.3) is 0 Å². The molecular weight excluding hydrogens is 336 g/mol. The number of carbonyl (C=O) groups is 2. The minimum Gasteiger partial charge on any atom is -0.325 e. The molecule has 3 rings (SSSR count). The van der Waals surface area contributed by atoms with Crippen molar-refractivity contribution in [2.75, 3.05) is 10.6 Å². The SMILES string of the molecule is CC(C)CC1C(=O)Nc2cc([N+](=O)[O-])c(NC(=O)c3ccncc3)cc21. The molecule has 2 amide bonds. The van der Waals surface area contributed by atoms with Crippen LogP contribution < -0.4 is 10.6 Å². The summed E-state index contributed by atoms with van der Waals surface area (Å²) in [6.45, 7) is 4.01. The Morgan fingerprint density at radius 1 is 1.35 bits per heavy atom. The van der Waals surface area contributed by atoms with Crippen LogP contribution in [0.4, 0.5) is 17.1 Å². The molecule has 0 bridgehead atoms. The second-order valence-electron chi connectivity index (χ2n) is 6.58. The van der Waals surface area contributed by atoms with Crippen LogP contribution >= 0.6 is 0 Å². The minimum atomic E-state index is -0.579. The van der Waals surface area contributed by atoms with Gasteiger partial charge < -0.3 is 10.6 Å². The van der Waals surface area contributed by atoms with Gasteiger partial charge in [0, 0.05) is 24.0 Å². The fourth-order valence-electron chi connectivity index (χ4n) is 3.02. The Bertz CT molecular complexity index is 880. The lowest BCUT2D eigenvalue weighted by molar-refractivity contribution is -0.383. The summed E-state index contributed by atoms with van der Waals surface area (Å²) >= 11 is 0. The number of nitrogens with one attached hydrogen (secondary N) is 2. The summed E-state index contributed by atoms with van der Waals surface area (Å²) in [5.41, 5.74) is 1.23. The first kappa shape index (κ1) is 17.5. The number of fused-ring (bicyclic) bond motifs is 1. The molecule has 2 aromatic rings. The van der Waals surface area contributed by atoms with Gasteiger partial charge in [-0.2, -0.15) is 0 Å². The van der Waals surface area contributed by atoms with Crippen LogP contribution in [0.5, 0.6) is 0 Å². The van der Waals surface area contributed by atoms with Gasteiger partial charge in [-0.3, -0.25) is 24.7 Å². The number of hydrogen-bond acceptors (Lipinski definition) is 5. The van der Waals surface area contributed by atoms with E-state index in [0.717, 1.165) is 0 Å². The average molecular weight is 354 g/mol. The van der Waals surface area contributed by atoms with Crippen LogP contribution in [-0.4, -0.2) is 21.7 Å². The van der Waals surface area contributed by atoms with Gasteiger partial charge in [0.15, 0.2) is 0 Å². The van der Waals surface area contributed by atoms with E-state index in [-0.39, 0.29) is 29.1 Å². The summed E-state index contributed by atoms with van der Waals surface area (Å²) in [6, 6.07) is 5.86. The zero-order chi connectivity index (χ0) is 18.8. The van der Waals surface area contributed by atoms with Crippen LogP contribution in [0.3, 0.4) is 0 Å². The van der Waals surface area contributed by atoms with E-state index in [4.69, 9.17) is 0 Å². The van der Waals surface area contributed by atoms with Crippen molar-refractivity contribution in [3.63, 3.8) is 0 Å². The molecule has 0 fully saturated rings. The van der Waals surface area contributed by atoms with Gasteiger partial charge in [-0.25, -0.2) is 0 Å². The maximum atomic E-state index is 12.4. The quantitative estimate of drug-likeness (QED) is 0.631. The Morgan fingerprint density at radius 3 is 2.65 bits per heavy atom. The number of rotatable bonds is 5. The smallest absolute Gasteiger partial charge is 0.294 e. The van der Waals surface area contributed by atoms with Crippen molar-refractivity contribution in [1.29, 1.82) is 0 Å². The van der Waals surface area contributed by atoms with Crippen molar-refractivity contribution in [2.24, 2.45) is 5.92 Å². The van der Waals surface area contributed by atoms with Crippen molar-refractivity contribution in [1.82, 2.24) is 4.98 Å². The minimum absolute atomic E-state index is 0.0702. The zero-order valence-corrected chi connectivity index (χ0v) is 14.4. The summed E-state index contributed by atoms with van der Waals surface area (Å²) in [6.07, 6.45) is 3.55. The highest BCUT2D eigenvalue weighted by molar-refractivity contribution is 6.08. The molecule has 2 heterocycles.